The molecule has 1 unspecified atom stereocenters. The average molecular weight is 368 g/mol. The van der Waals surface area contributed by atoms with Gasteiger partial charge < -0.3 is 20.3 Å². The van der Waals surface area contributed by atoms with Crippen LogP contribution in [0.2, 0.25) is 0 Å². The molecule has 0 bridgehead atoms. The number of pyridine rings is 1. The number of nitrogens with zero attached hydrogens (tertiary/aromatic N) is 2. The molecule has 1 atom stereocenters. The summed E-state index contributed by atoms with van der Waals surface area (Å²) in [4.78, 5) is 19.5. The number of hydrogen-bond acceptors (Lipinski definition) is 5. The minimum atomic E-state index is 0.0392. The largest absolute Gasteiger partial charge is 0.494 e. The Morgan fingerprint density at radius 2 is 2.11 bits per heavy atom. The van der Waals surface area contributed by atoms with Gasteiger partial charge in [0.15, 0.2) is 0 Å². The van der Waals surface area contributed by atoms with Gasteiger partial charge in [0, 0.05) is 25.0 Å². The molecule has 1 saturated heterocycles. The molecule has 1 aromatic heterocycles. The summed E-state index contributed by atoms with van der Waals surface area (Å²) >= 11 is 0. The summed E-state index contributed by atoms with van der Waals surface area (Å²) in [5, 5.41) is 6.49. The first-order valence-electron chi connectivity index (χ1n) is 9.60. The second kappa shape index (κ2) is 9.37. The van der Waals surface area contributed by atoms with E-state index in [1.807, 2.05) is 55.3 Å². The second-order valence-electron chi connectivity index (χ2n) is 6.80. The Morgan fingerprint density at radius 3 is 2.85 bits per heavy atom. The molecule has 1 fully saturated rings. The highest BCUT2D eigenvalue weighted by Gasteiger charge is 2.25. The van der Waals surface area contributed by atoms with Crippen molar-refractivity contribution in [3.05, 3.63) is 48.2 Å². The van der Waals surface area contributed by atoms with Crippen molar-refractivity contribution in [3.63, 3.8) is 0 Å². The zero-order valence-corrected chi connectivity index (χ0v) is 16.1. The molecule has 0 saturated carbocycles. The van der Waals surface area contributed by atoms with E-state index in [2.05, 4.69) is 15.6 Å². The first kappa shape index (κ1) is 19.2. The Labute approximate surface area is 160 Å². The van der Waals surface area contributed by atoms with E-state index in [9.17, 15) is 4.79 Å². The van der Waals surface area contributed by atoms with Crippen LogP contribution < -0.4 is 15.4 Å². The number of nitrogens with one attached hydrogen (secondary N) is 2. The van der Waals surface area contributed by atoms with Crippen LogP contribution in [0.15, 0.2) is 42.6 Å². The SMILES string of the molecule is CCOc1ccc(Nc2ncccc2C(=O)N2CCCC(CNC)C2)cc1. The molecule has 1 aliphatic rings. The number of rotatable bonds is 7. The lowest BCUT2D eigenvalue weighted by Crippen LogP contribution is -2.42. The standard InChI is InChI=1S/C21H28N4O2/c1-3-27-18-10-8-17(9-11-18)24-20-19(7-4-12-23-20)21(26)25-13-5-6-16(15-25)14-22-2/h4,7-12,16,22H,3,5-6,13-15H2,1-2H3,(H,23,24). The fourth-order valence-electron chi connectivity index (χ4n) is 3.49. The van der Waals surface area contributed by atoms with Crippen LogP contribution in [0.5, 0.6) is 5.75 Å². The molecule has 27 heavy (non-hydrogen) atoms. The quantitative estimate of drug-likeness (QED) is 0.785. The Balaban J connectivity index is 1.74. The summed E-state index contributed by atoms with van der Waals surface area (Å²) < 4.78 is 5.47. The van der Waals surface area contributed by atoms with Crippen LogP contribution in [0.4, 0.5) is 11.5 Å². The minimum absolute atomic E-state index is 0.0392. The van der Waals surface area contributed by atoms with Crippen molar-refractivity contribution >= 4 is 17.4 Å². The van der Waals surface area contributed by atoms with Gasteiger partial charge in [-0.15, -0.1) is 0 Å². The van der Waals surface area contributed by atoms with Crippen molar-refractivity contribution in [3.8, 4) is 5.75 Å². The molecule has 144 valence electrons. The van der Waals surface area contributed by atoms with Crippen LogP contribution in [0.3, 0.4) is 0 Å². The van der Waals surface area contributed by atoms with Gasteiger partial charge in [0.25, 0.3) is 5.91 Å². The van der Waals surface area contributed by atoms with Crippen LogP contribution in [0.1, 0.15) is 30.1 Å². The molecule has 2 heterocycles. The van der Waals surface area contributed by atoms with Crippen LogP contribution in [0, 0.1) is 5.92 Å². The summed E-state index contributed by atoms with van der Waals surface area (Å²) in [5.41, 5.74) is 1.48. The lowest BCUT2D eigenvalue weighted by molar-refractivity contribution is 0.0675. The molecule has 2 N–H and O–H groups in total. The number of ether oxygens (including phenoxy) is 1. The van der Waals surface area contributed by atoms with Crippen molar-refractivity contribution < 1.29 is 9.53 Å². The van der Waals surface area contributed by atoms with Gasteiger partial charge in [-0.3, -0.25) is 4.79 Å². The fourth-order valence-corrected chi connectivity index (χ4v) is 3.49. The maximum Gasteiger partial charge on any atom is 0.257 e. The molecule has 0 radical (unpaired) electrons. The van der Waals surface area contributed by atoms with Gasteiger partial charge in [-0.2, -0.15) is 0 Å². The number of piperidine rings is 1. The third kappa shape index (κ3) is 4.98. The van der Waals surface area contributed by atoms with Crippen molar-refractivity contribution in [1.82, 2.24) is 15.2 Å². The summed E-state index contributed by atoms with van der Waals surface area (Å²) in [5.74, 6) is 1.95. The van der Waals surface area contributed by atoms with E-state index in [1.165, 1.54) is 0 Å². The molecule has 0 spiro atoms. The van der Waals surface area contributed by atoms with Crippen molar-refractivity contribution in [2.24, 2.45) is 5.92 Å². The highest BCUT2D eigenvalue weighted by Crippen LogP contribution is 2.24. The molecular weight excluding hydrogens is 340 g/mol. The highest BCUT2D eigenvalue weighted by atomic mass is 16.5. The predicted molar refractivity (Wildman–Crippen MR) is 108 cm³/mol. The summed E-state index contributed by atoms with van der Waals surface area (Å²) in [7, 11) is 1.96. The number of benzene rings is 1. The number of carbonyl (C=O) groups excluding carboxylic acids is 1. The number of likely N-dealkylation sites (tertiary alicyclic amines) is 1. The van der Waals surface area contributed by atoms with E-state index in [1.54, 1.807) is 6.20 Å². The van der Waals surface area contributed by atoms with Crippen molar-refractivity contribution in [2.45, 2.75) is 19.8 Å². The molecule has 2 aromatic rings. The van der Waals surface area contributed by atoms with Gasteiger partial charge in [-0.05, 0) is 75.7 Å². The van der Waals surface area contributed by atoms with E-state index < -0.39 is 0 Å². The van der Waals surface area contributed by atoms with E-state index in [0.29, 0.717) is 23.9 Å². The summed E-state index contributed by atoms with van der Waals surface area (Å²) in [6, 6.07) is 11.3. The third-order valence-electron chi connectivity index (χ3n) is 4.77. The summed E-state index contributed by atoms with van der Waals surface area (Å²) in [6.07, 6.45) is 3.91. The Bertz CT molecular complexity index is 746. The average Bonchev–Trinajstić information content (AvgIpc) is 2.70. The summed E-state index contributed by atoms with van der Waals surface area (Å²) in [6.45, 7) is 5.12. The van der Waals surface area contributed by atoms with Gasteiger partial charge in [-0.25, -0.2) is 4.98 Å². The monoisotopic (exact) mass is 368 g/mol. The van der Waals surface area contributed by atoms with E-state index in [4.69, 9.17) is 4.74 Å². The van der Waals surface area contributed by atoms with Crippen LogP contribution >= 0.6 is 0 Å². The molecular formula is C21H28N4O2. The van der Waals surface area contributed by atoms with Gasteiger partial charge in [0.2, 0.25) is 0 Å². The second-order valence-corrected chi connectivity index (χ2v) is 6.80. The van der Waals surface area contributed by atoms with Gasteiger partial charge in [-0.1, -0.05) is 0 Å². The zero-order valence-electron chi connectivity index (χ0n) is 16.1. The van der Waals surface area contributed by atoms with Gasteiger partial charge in [0.05, 0.1) is 12.2 Å². The molecule has 6 nitrogen and oxygen atoms in total. The minimum Gasteiger partial charge on any atom is -0.494 e. The maximum atomic E-state index is 13.1. The van der Waals surface area contributed by atoms with Gasteiger partial charge in [0.1, 0.15) is 11.6 Å². The number of anilines is 2. The first-order valence-corrected chi connectivity index (χ1v) is 9.60. The van der Waals surface area contributed by atoms with Crippen molar-refractivity contribution in [2.75, 3.05) is 38.6 Å². The molecule has 6 heteroatoms. The van der Waals surface area contributed by atoms with Crippen molar-refractivity contribution in [1.29, 1.82) is 0 Å². The van der Waals surface area contributed by atoms with Crippen LogP contribution in [-0.2, 0) is 0 Å². The highest BCUT2D eigenvalue weighted by molar-refractivity contribution is 5.99. The Morgan fingerprint density at radius 1 is 1.30 bits per heavy atom. The van der Waals surface area contributed by atoms with E-state index in [-0.39, 0.29) is 5.91 Å². The number of aromatic nitrogens is 1. The van der Waals surface area contributed by atoms with Crippen LogP contribution in [-0.4, -0.2) is 49.1 Å². The molecule has 3 rings (SSSR count). The molecule has 1 aromatic carbocycles. The fraction of sp³-hybridized carbons (Fsp3) is 0.429. The normalized spacial score (nSPS) is 16.8. The van der Waals surface area contributed by atoms with E-state index in [0.717, 1.165) is 43.9 Å². The van der Waals surface area contributed by atoms with Crippen LogP contribution in [0.25, 0.3) is 0 Å². The Hall–Kier alpha value is -2.60. The third-order valence-corrected chi connectivity index (χ3v) is 4.77. The predicted octanol–water partition coefficient (Wildman–Crippen LogP) is 3.30. The number of amides is 1. The van der Waals surface area contributed by atoms with Gasteiger partial charge >= 0.3 is 0 Å². The lowest BCUT2D eigenvalue weighted by atomic mass is 9.97. The maximum absolute atomic E-state index is 13.1. The number of carbonyl (C=O) groups is 1. The molecule has 1 amide bonds. The number of hydrogen-bond donors (Lipinski definition) is 2. The first-order chi connectivity index (χ1) is 13.2. The van der Waals surface area contributed by atoms with E-state index >= 15 is 0 Å². The lowest BCUT2D eigenvalue weighted by Gasteiger charge is -2.33. The molecule has 1 aliphatic heterocycles. The Kier molecular flexibility index (Phi) is 6.65. The topological polar surface area (TPSA) is 66.5 Å². The molecule has 0 aliphatic carbocycles. The smallest absolute Gasteiger partial charge is 0.257 e. The zero-order chi connectivity index (χ0) is 19.1.